The lowest BCUT2D eigenvalue weighted by molar-refractivity contribution is -0.252. The molecule has 0 saturated carbocycles. The second-order valence-electron chi connectivity index (χ2n) is 11.0. The molecule has 0 aliphatic carbocycles. The van der Waals surface area contributed by atoms with Crippen molar-refractivity contribution in [1.29, 1.82) is 0 Å². The highest BCUT2D eigenvalue weighted by Crippen LogP contribution is 2.36. The molecule has 2 N–H and O–H groups in total. The number of ether oxygens (including phenoxy) is 2. The van der Waals surface area contributed by atoms with Gasteiger partial charge in [0.1, 0.15) is 0 Å². The average molecular weight is 553 g/mol. The lowest BCUT2D eigenvalue weighted by Crippen LogP contribution is -2.30. The van der Waals surface area contributed by atoms with Gasteiger partial charge in [-0.3, -0.25) is 0 Å². The van der Waals surface area contributed by atoms with Crippen LogP contribution in [-0.4, -0.2) is 57.8 Å². The zero-order chi connectivity index (χ0) is 26.9. The summed E-state index contributed by atoms with van der Waals surface area (Å²) in [4.78, 5) is -0.190. The lowest BCUT2D eigenvalue weighted by atomic mass is 9.84. The third-order valence-electron chi connectivity index (χ3n) is 7.32. The van der Waals surface area contributed by atoms with Crippen LogP contribution in [0, 0.1) is 11.8 Å². The Kier molecular flexibility index (Phi) is 25.8. The number of aliphatic hydroxyl groups is 2. The Morgan fingerprint density at radius 3 is 1.64 bits per heavy atom. The van der Waals surface area contributed by atoms with E-state index >= 15 is 0 Å². The standard InChI is InChI=1S/C29H61ClO5Si/c1-5-6-7-8-9-10-11-12-13-14-15-16-17-18-19-27(3)29(4,30)24-26(2)25-36-35-28(33-22-20-31)34-23-21-32/h26-28,31-32H,5-25,36H2,1-4H3. The van der Waals surface area contributed by atoms with Crippen LogP contribution in [0.5, 0.6) is 0 Å². The molecule has 0 rings (SSSR count). The first-order valence-corrected chi connectivity index (χ1v) is 17.1. The Hall–Kier alpha value is 0.307. The molecule has 0 spiro atoms. The molecule has 3 atom stereocenters. The van der Waals surface area contributed by atoms with Gasteiger partial charge < -0.3 is 24.1 Å². The van der Waals surface area contributed by atoms with Crippen molar-refractivity contribution < 1.29 is 24.1 Å². The number of hydrogen-bond donors (Lipinski definition) is 2. The van der Waals surface area contributed by atoms with Crippen LogP contribution in [0.25, 0.3) is 0 Å². The van der Waals surface area contributed by atoms with Crippen molar-refractivity contribution in [3.8, 4) is 0 Å². The Morgan fingerprint density at radius 1 is 0.750 bits per heavy atom. The van der Waals surface area contributed by atoms with E-state index in [0.29, 0.717) is 11.8 Å². The monoisotopic (exact) mass is 552 g/mol. The molecule has 0 fully saturated rings. The van der Waals surface area contributed by atoms with Crippen LogP contribution in [0.15, 0.2) is 0 Å². The lowest BCUT2D eigenvalue weighted by Gasteiger charge is -2.32. The maximum absolute atomic E-state index is 8.92. The van der Waals surface area contributed by atoms with Crippen LogP contribution in [0.3, 0.4) is 0 Å². The van der Waals surface area contributed by atoms with Crippen molar-refractivity contribution in [3.63, 3.8) is 0 Å². The summed E-state index contributed by atoms with van der Waals surface area (Å²) in [6.07, 6.45) is 21.7. The van der Waals surface area contributed by atoms with Crippen LogP contribution < -0.4 is 0 Å². The predicted molar refractivity (Wildman–Crippen MR) is 156 cm³/mol. The van der Waals surface area contributed by atoms with Gasteiger partial charge in [-0.2, -0.15) is 0 Å². The maximum Gasteiger partial charge on any atom is 0.261 e. The van der Waals surface area contributed by atoms with Gasteiger partial charge in [0, 0.05) is 4.87 Å². The summed E-state index contributed by atoms with van der Waals surface area (Å²) in [6, 6.07) is 0.995. The molecule has 0 bridgehead atoms. The fourth-order valence-corrected chi connectivity index (χ4v) is 6.24. The fourth-order valence-electron chi connectivity index (χ4n) is 4.74. The number of unbranched alkanes of at least 4 members (excludes halogenated alkanes) is 13. The zero-order valence-corrected chi connectivity index (χ0v) is 26.5. The Balaban J connectivity index is 3.82. The van der Waals surface area contributed by atoms with Gasteiger partial charge in [-0.25, -0.2) is 0 Å². The first-order chi connectivity index (χ1) is 17.4. The van der Waals surface area contributed by atoms with Crippen molar-refractivity contribution in [1.82, 2.24) is 0 Å². The van der Waals surface area contributed by atoms with Crippen molar-refractivity contribution in [2.24, 2.45) is 11.8 Å². The first-order valence-electron chi connectivity index (χ1n) is 15.1. The molecule has 0 aliphatic heterocycles. The summed E-state index contributed by atoms with van der Waals surface area (Å²) in [5.41, 5.74) is 0. The molecular weight excluding hydrogens is 492 g/mol. The van der Waals surface area contributed by atoms with E-state index in [2.05, 4.69) is 27.7 Å². The predicted octanol–water partition coefficient (Wildman–Crippen LogP) is 7.34. The highest BCUT2D eigenvalue weighted by atomic mass is 35.5. The molecule has 0 aromatic heterocycles. The van der Waals surface area contributed by atoms with Gasteiger partial charge in [0.05, 0.1) is 26.4 Å². The highest BCUT2D eigenvalue weighted by Gasteiger charge is 2.30. The minimum Gasteiger partial charge on any atom is -0.394 e. The summed E-state index contributed by atoms with van der Waals surface area (Å²) < 4.78 is 16.4. The minimum atomic E-state index is -0.845. The summed E-state index contributed by atoms with van der Waals surface area (Å²) in [5.74, 6) is 0.976. The molecule has 0 amide bonds. The SMILES string of the molecule is CCCCCCCCCCCCCCCCC(C)C(C)(Cl)CC(C)C[SiH2]OC(OCCO)OCCO. The van der Waals surface area contributed by atoms with Crippen LogP contribution >= 0.6 is 11.6 Å². The van der Waals surface area contributed by atoms with E-state index in [0.717, 1.165) is 12.5 Å². The number of halogens is 1. The van der Waals surface area contributed by atoms with Gasteiger partial charge >= 0.3 is 0 Å². The smallest absolute Gasteiger partial charge is 0.261 e. The molecule has 0 saturated heterocycles. The third kappa shape index (κ3) is 22.3. The van der Waals surface area contributed by atoms with Crippen LogP contribution in [-0.2, 0) is 13.9 Å². The van der Waals surface area contributed by atoms with E-state index in [9.17, 15) is 0 Å². The third-order valence-corrected chi connectivity index (χ3v) is 9.58. The highest BCUT2D eigenvalue weighted by molar-refractivity contribution is 6.27. The van der Waals surface area contributed by atoms with Gasteiger partial charge in [-0.05, 0) is 37.6 Å². The number of rotatable bonds is 28. The van der Waals surface area contributed by atoms with Gasteiger partial charge in [0.2, 0.25) is 0 Å². The summed E-state index contributed by atoms with van der Waals surface area (Å²) in [6.45, 7) is 8.40. The van der Waals surface area contributed by atoms with Crippen molar-refractivity contribution in [2.75, 3.05) is 26.4 Å². The largest absolute Gasteiger partial charge is 0.394 e. The van der Waals surface area contributed by atoms with Crippen LogP contribution in [0.1, 0.15) is 130 Å². The van der Waals surface area contributed by atoms with Crippen LogP contribution in [0.4, 0.5) is 0 Å². The molecule has 0 aromatic rings. The molecule has 0 aliphatic rings. The Bertz CT molecular complexity index is 447. The normalized spacial score (nSPS) is 15.7. The summed E-state index contributed by atoms with van der Waals surface area (Å²) in [7, 11) is -0.845. The number of alkyl halides is 1. The van der Waals surface area contributed by atoms with Gasteiger partial charge in [0.15, 0.2) is 9.76 Å². The van der Waals surface area contributed by atoms with Gasteiger partial charge in [0.25, 0.3) is 6.48 Å². The molecule has 5 nitrogen and oxygen atoms in total. The average Bonchev–Trinajstić information content (AvgIpc) is 2.85. The minimum absolute atomic E-state index is 0.0812. The molecule has 7 heteroatoms. The van der Waals surface area contributed by atoms with Gasteiger partial charge in [-0.15, -0.1) is 11.6 Å². The van der Waals surface area contributed by atoms with E-state index < -0.39 is 16.2 Å². The van der Waals surface area contributed by atoms with Gasteiger partial charge in [-0.1, -0.05) is 111 Å². The molecule has 0 aromatic carbocycles. The molecule has 36 heavy (non-hydrogen) atoms. The first kappa shape index (κ1) is 36.3. The Labute approximate surface area is 231 Å². The molecule has 3 unspecified atom stereocenters. The van der Waals surface area contributed by atoms with Crippen molar-refractivity contribution in [2.45, 2.75) is 148 Å². The number of hydrogen-bond acceptors (Lipinski definition) is 5. The second-order valence-corrected chi connectivity index (χ2v) is 13.2. The van der Waals surface area contributed by atoms with E-state index in [1.54, 1.807) is 0 Å². The van der Waals surface area contributed by atoms with E-state index in [1.165, 1.54) is 96.3 Å². The zero-order valence-electron chi connectivity index (χ0n) is 24.3. The Morgan fingerprint density at radius 2 is 1.19 bits per heavy atom. The fraction of sp³-hybridized carbons (Fsp3) is 1.00. The topological polar surface area (TPSA) is 68.2 Å². The van der Waals surface area contributed by atoms with E-state index in [4.69, 9.17) is 35.7 Å². The van der Waals surface area contributed by atoms with Crippen molar-refractivity contribution in [3.05, 3.63) is 0 Å². The summed E-state index contributed by atoms with van der Waals surface area (Å²) >= 11 is 6.99. The van der Waals surface area contributed by atoms with Crippen molar-refractivity contribution >= 4 is 21.4 Å². The quantitative estimate of drug-likeness (QED) is 0.0460. The second kappa shape index (κ2) is 25.6. The van der Waals surface area contributed by atoms with Crippen LogP contribution in [0.2, 0.25) is 6.04 Å². The molecular formula is C29H61ClO5Si. The molecule has 0 heterocycles. The van der Waals surface area contributed by atoms with E-state index in [1.807, 2.05) is 0 Å². The maximum atomic E-state index is 8.92. The summed E-state index contributed by atoms with van der Waals surface area (Å²) in [5, 5.41) is 17.8. The van der Waals surface area contributed by atoms with E-state index in [-0.39, 0.29) is 31.3 Å². The molecule has 218 valence electrons. The number of aliphatic hydroxyl groups excluding tert-OH is 2. The molecule has 0 radical (unpaired) electrons.